The summed E-state index contributed by atoms with van der Waals surface area (Å²) in [6.45, 7) is 1.97. The lowest BCUT2D eigenvalue weighted by Crippen LogP contribution is -2.61. The van der Waals surface area contributed by atoms with Crippen molar-refractivity contribution in [2.45, 2.75) is 50.5 Å². The van der Waals surface area contributed by atoms with E-state index in [0.717, 1.165) is 6.42 Å². The lowest BCUT2D eigenvalue weighted by atomic mass is 9.95. The van der Waals surface area contributed by atoms with E-state index in [-0.39, 0.29) is 5.56 Å². The summed E-state index contributed by atoms with van der Waals surface area (Å²) < 4.78 is 29.4. The van der Waals surface area contributed by atoms with Crippen LogP contribution in [0.2, 0.25) is 0 Å². The van der Waals surface area contributed by atoms with Gasteiger partial charge in [0.2, 0.25) is 12.4 Å². The molecule has 0 aromatic heterocycles. The number of ether oxygens (including phenoxy) is 5. The first-order chi connectivity index (χ1) is 18.5. The monoisotopic (exact) mass is 518 g/mol. The maximum Gasteiger partial charge on any atom is 0.340 e. The summed E-state index contributed by atoms with van der Waals surface area (Å²) in [6, 6.07) is 25.2. The van der Waals surface area contributed by atoms with Gasteiger partial charge in [0, 0.05) is 7.11 Å². The fourth-order valence-corrected chi connectivity index (χ4v) is 4.31. The van der Waals surface area contributed by atoms with Crippen molar-refractivity contribution in [1.29, 1.82) is 0 Å². The van der Waals surface area contributed by atoms with Gasteiger partial charge in [-0.3, -0.25) is 0 Å². The van der Waals surface area contributed by atoms with E-state index in [9.17, 15) is 14.4 Å². The van der Waals surface area contributed by atoms with Crippen molar-refractivity contribution >= 4 is 17.9 Å². The van der Waals surface area contributed by atoms with E-state index in [0.29, 0.717) is 17.5 Å². The first kappa shape index (κ1) is 27.0. The van der Waals surface area contributed by atoms with Gasteiger partial charge in [-0.2, -0.15) is 0 Å². The van der Waals surface area contributed by atoms with Crippen LogP contribution in [0.4, 0.5) is 0 Å². The summed E-state index contributed by atoms with van der Waals surface area (Å²) in [6.07, 6.45) is -3.93. The predicted molar refractivity (Wildman–Crippen MR) is 138 cm³/mol. The Kier molecular flexibility index (Phi) is 9.24. The van der Waals surface area contributed by atoms with Gasteiger partial charge >= 0.3 is 17.9 Å². The minimum atomic E-state index is -1.35. The SMILES string of the molecule is CCC[C@H]1OC(OC(=O)c2ccccc2)[C@H](OC(=O)c2ccccc2)[C@H](OC(=O)c2ccccc2)[C@H]1OC. The highest BCUT2D eigenvalue weighted by Crippen LogP contribution is 2.32. The van der Waals surface area contributed by atoms with Crippen molar-refractivity contribution < 1.29 is 38.1 Å². The van der Waals surface area contributed by atoms with Crippen molar-refractivity contribution in [3.8, 4) is 0 Å². The Morgan fingerprint density at radius 1 is 0.632 bits per heavy atom. The van der Waals surface area contributed by atoms with Crippen LogP contribution in [0.3, 0.4) is 0 Å². The van der Waals surface area contributed by atoms with E-state index in [1.807, 2.05) is 6.92 Å². The van der Waals surface area contributed by atoms with Gasteiger partial charge in [-0.25, -0.2) is 14.4 Å². The second-order valence-electron chi connectivity index (χ2n) is 8.78. The number of benzene rings is 3. The quantitative estimate of drug-likeness (QED) is 0.293. The molecule has 38 heavy (non-hydrogen) atoms. The van der Waals surface area contributed by atoms with Crippen molar-refractivity contribution in [2.24, 2.45) is 0 Å². The Balaban J connectivity index is 1.69. The van der Waals surface area contributed by atoms with Crippen LogP contribution < -0.4 is 0 Å². The fraction of sp³-hybridized carbons (Fsp3) is 0.300. The normalized spacial score (nSPS) is 22.7. The van der Waals surface area contributed by atoms with Crippen molar-refractivity contribution in [3.63, 3.8) is 0 Å². The Morgan fingerprint density at radius 3 is 1.47 bits per heavy atom. The molecule has 0 bridgehead atoms. The molecule has 3 aromatic rings. The molecule has 1 heterocycles. The van der Waals surface area contributed by atoms with Crippen molar-refractivity contribution in [1.82, 2.24) is 0 Å². The minimum absolute atomic E-state index is 0.276. The predicted octanol–water partition coefficient (Wildman–Crippen LogP) is 4.83. The Labute approximate surface area is 221 Å². The summed E-state index contributed by atoms with van der Waals surface area (Å²) in [4.78, 5) is 39.2. The lowest BCUT2D eigenvalue weighted by Gasteiger charge is -2.44. The molecule has 8 heteroatoms. The topological polar surface area (TPSA) is 97.4 Å². The largest absolute Gasteiger partial charge is 0.452 e. The number of rotatable bonds is 9. The zero-order valence-corrected chi connectivity index (χ0v) is 21.2. The van der Waals surface area contributed by atoms with E-state index in [1.165, 1.54) is 7.11 Å². The molecule has 1 unspecified atom stereocenters. The third-order valence-corrected chi connectivity index (χ3v) is 6.17. The number of esters is 3. The van der Waals surface area contributed by atoms with Crippen LogP contribution >= 0.6 is 0 Å². The van der Waals surface area contributed by atoms with Crippen LogP contribution in [-0.4, -0.2) is 55.7 Å². The van der Waals surface area contributed by atoms with E-state index < -0.39 is 48.6 Å². The van der Waals surface area contributed by atoms with Gasteiger partial charge in [-0.15, -0.1) is 0 Å². The van der Waals surface area contributed by atoms with E-state index in [4.69, 9.17) is 23.7 Å². The van der Waals surface area contributed by atoms with Gasteiger partial charge < -0.3 is 23.7 Å². The fourth-order valence-electron chi connectivity index (χ4n) is 4.31. The molecule has 0 aliphatic carbocycles. The van der Waals surface area contributed by atoms with Crippen molar-refractivity contribution in [2.75, 3.05) is 7.11 Å². The highest BCUT2D eigenvalue weighted by Gasteiger charge is 2.52. The van der Waals surface area contributed by atoms with E-state index in [1.54, 1.807) is 91.0 Å². The zero-order chi connectivity index (χ0) is 26.9. The average molecular weight is 519 g/mol. The third-order valence-electron chi connectivity index (χ3n) is 6.17. The number of hydrogen-bond acceptors (Lipinski definition) is 8. The summed E-state index contributed by atoms with van der Waals surface area (Å²) in [5.41, 5.74) is 0.883. The molecule has 5 atom stereocenters. The van der Waals surface area contributed by atoms with Crippen LogP contribution in [0.15, 0.2) is 91.0 Å². The van der Waals surface area contributed by atoms with Crippen LogP contribution in [0.25, 0.3) is 0 Å². The molecule has 0 N–H and O–H groups in total. The van der Waals surface area contributed by atoms with Crippen molar-refractivity contribution in [3.05, 3.63) is 108 Å². The maximum atomic E-state index is 13.1. The van der Waals surface area contributed by atoms with Gasteiger partial charge in [-0.1, -0.05) is 67.9 Å². The molecule has 1 saturated heterocycles. The standard InChI is InChI=1S/C30H30O8/c1-3-13-23-24(34-2)25(36-27(31)20-14-7-4-8-15-20)26(37-28(32)21-16-9-5-10-17-21)30(35-23)38-29(33)22-18-11-6-12-19-22/h4-12,14-19,23-26,30H,3,13H2,1-2H3/t23-,24+,25-,26-,30?/m1/s1. The molecule has 1 aliphatic rings. The van der Waals surface area contributed by atoms with Gasteiger partial charge in [0.1, 0.15) is 6.10 Å². The van der Waals surface area contributed by atoms with Gasteiger partial charge in [-0.05, 0) is 42.8 Å². The Bertz CT molecular complexity index is 1200. The molecule has 1 aliphatic heterocycles. The molecule has 1 fully saturated rings. The number of methoxy groups -OCH3 is 1. The minimum Gasteiger partial charge on any atom is -0.452 e. The first-order valence-electron chi connectivity index (χ1n) is 12.5. The number of hydrogen-bond donors (Lipinski definition) is 0. The highest BCUT2D eigenvalue weighted by atomic mass is 16.7. The molecular formula is C30H30O8. The number of carbonyl (C=O) groups excluding carboxylic acids is 3. The zero-order valence-electron chi connectivity index (χ0n) is 21.2. The van der Waals surface area contributed by atoms with Crippen LogP contribution in [0.1, 0.15) is 50.8 Å². The molecule has 0 amide bonds. The van der Waals surface area contributed by atoms with Crippen LogP contribution in [0.5, 0.6) is 0 Å². The molecule has 4 rings (SSSR count). The van der Waals surface area contributed by atoms with E-state index in [2.05, 4.69) is 0 Å². The molecule has 198 valence electrons. The highest BCUT2D eigenvalue weighted by molar-refractivity contribution is 5.91. The van der Waals surface area contributed by atoms with Crippen LogP contribution in [0, 0.1) is 0 Å². The average Bonchev–Trinajstić information content (AvgIpc) is 2.96. The first-order valence-corrected chi connectivity index (χ1v) is 12.5. The van der Waals surface area contributed by atoms with Gasteiger partial charge in [0.25, 0.3) is 0 Å². The molecular weight excluding hydrogens is 488 g/mol. The Morgan fingerprint density at radius 2 is 1.05 bits per heavy atom. The van der Waals surface area contributed by atoms with Gasteiger partial charge in [0.05, 0.1) is 22.8 Å². The van der Waals surface area contributed by atoms with Crippen LogP contribution in [-0.2, 0) is 23.7 Å². The summed E-state index contributed by atoms with van der Waals surface area (Å²) in [5.74, 6) is -2.00. The van der Waals surface area contributed by atoms with E-state index >= 15 is 0 Å². The summed E-state index contributed by atoms with van der Waals surface area (Å²) in [7, 11) is 1.46. The second kappa shape index (κ2) is 13.0. The molecule has 0 spiro atoms. The Hall–Kier alpha value is -4.01. The molecule has 3 aromatic carbocycles. The summed E-state index contributed by atoms with van der Waals surface area (Å²) >= 11 is 0. The summed E-state index contributed by atoms with van der Waals surface area (Å²) in [5, 5.41) is 0. The molecule has 0 saturated carbocycles. The second-order valence-corrected chi connectivity index (χ2v) is 8.78. The molecule has 0 radical (unpaired) electrons. The van der Waals surface area contributed by atoms with Gasteiger partial charge in [0.15, 0.2) is 6.10 Å². The lowest BCUT2D eigenvalue weighted by molar-refractivity contribution is -0.283. The number of carbonyl (C=O) groups is 3. The third kappa shape index (κ3) is 6.45. The molecule has 8 nitrogen and oxygen atoms in total. The smallest absolute Gasteiger partial charge is 0.340 e. The maximum absolute atomic E-state index is 13.1.